The third-order valence-corrected chi connectivity index (χ3v) is 2.59. The van der Waals surface area contributed by atoms with E-state index in [1.165, 1.54) is 0 Å². The van der Waals surface area contributed by atoms with Crippen LogP contribution < -0.4 is 0 Å². The van der Waals surface area contributed by atoms with Crippen molar-refractivity contribution in [1.29, 1.82) is 0 Å². The first kappa shape index (κ1) is 10.6. The monoisotopic (exact) mass is 206 g/mol. The van der Waals surface area contributed by atoms with Gasteiger partial charge in [-0.2, -0.15) is 0 Å². The molecule has 3 aromatic rings. The van der Waals surface area contributed by atoms with Crippen LogP contribution in [0, 0.1) is 0 Å². The van der Waals surface area contributed by atoms with E-state index in [0.717, 1.165) is 21.7 Å². The predicted octanol–water partition coefficient (Wildman–Crippen LogP) is 2.18. The van der Waals surface area contributed by atoms with Crippen LogP contribution in [0.1, 0.15) is 0 Å². The van der Waals surface area contributed by atoms with Gasteiger partial charge >= 0.3 is 10.1 Å². The SMILES string of the molecule is Oc1cccc2ccc3cccnc3c12.[BeH2]. The van der Waals surface area contributed by atoms with E-state index in [2.05, 4.69) is 4.98 Å². The second-order valence-corrected chi connectivity index (χ2v) is 3.52. The van der Waals surface area contributed by atoms with E-state index in [-0.39, 0.29) is 15.9 Å². The Hall–Kier alpha value is -1.92. The number of pyridine rings is 1. The molecule has 0 fully saturated rings. The maximum absolute atomic E-state index is 9.83. The standard InChI is InChI=1S/C13H9NO.Be.2H/c15-11-5-1-3-9-6-7-10-4-2-8-14-13(10)12(9)11;;;/h1-8,15H;;;. The van der Waals surface area contributed by atoms with Gasteiger partial charge in [0.25, 0.3) is 0 Å². The number of rotatable bonds is 0. The van der Waals surface area contributed by atoms with Crippen LogP contribution in [0.15, 0.2) is 48.7 Å². The molecule has 0 radical (unpaired) electrons. The van der Waals surface area contributed by atoms with Crippen molar-refractivity contribution in [2.75, 3.05) is 0 Å². The molecule has 0 bridgehead atoms. The number of benzene rings is 2. The molecule has 0 amide bonds. The summed E-state index contributed by atoms with van der Waals surface area (Å²) in [5.41, 5.74) is 0.855. The van der Waals surface area contributed by atoms with E-state index >= 15 is 0 Å². The van der Waals surface area contributed by atoms with Gasteiger partial charge in [0.1, 0.15) is 5.75 Å². The summed E-state index contributed by atoms with van der Waals surface area (Å²) in [5.74, 6) is 0.289. The van der Waals surface area contributed by atoms with Gasteiger partial charge in [-0.25, -0.2) is 0 Å². The van der Waals surface area contributed by atoms with Crippen molar-refractivity contribution in [1.82, 2.24) is 4.98 Å². The van der Waals surface area contributed by atoms with Gasteiger partial charge in [0, 0.05) is 17.0 Å². The summed E-state index contributed by atoms with van der Waals surface area (Å²) in [5, 5.41) is 12.7. The number of phenols is 1. The normalized spacial score (nSPS) is 10.2. The fourth-order valence-electron chi connectivity index (χ4n) is 1.90. The zero-order valence-corrected chi connectivity index (χ0v) is 8.01. The van der Waals surface area contributed by atoms with E-state index < -0.39 is 0 Å². The van der Waals surface area contributed by atoms with E-state index in [4.69, 9.17) is 0 Å². The summed E-state index contributed by atoms with van der Waals surface area (Å²) in [6.07, 6.45) is 1.74. The molecule has 1 heterocycles. The zero-order valence-electron chi connectivity index (χ0n) is 8.01. The fraction of sp³-hybridized carbons (Fsp3) is 0. The van der Waals surface area contributed by atoms with Gasteiger partial charge in [-0.1, -0.05) is 30.3 Å². The topological polar surface area (TPSA) is 33.1 Å². The van der Waals surface area contributed by atoms with E-state index in [1.54, 1.807) is 12.3 Å². The summed E-state index contributed by atoms with van der Waals surface area (Å²) < 4.78 is 0. The van der Waals surface area contributed by atoms with Crippen molar-refractivity contribution in [2.24, 2.45) is 0 Å². The molecule has 3 heteroatoms. The average Bonchev–Trinajstić information content (AvgIpc) is 2.29. The van der Waals surface area contributed by atoms with Crippen LogP contribution in [0.4, 0.5) is 0 Å². The van der Waals surface area contributed by atoms with Crippen LogP contribution in [0.2, 0.25) is 0 Å². The molecule has 1 N–H and O–H groups in total. The van der Waals surface area contributed by atoms with Crippen LogP contribution in [-0.2, 0) is 0 Å². The number of aromatic nitrogens is 1. The summed E-state index contributed by atoms with van der Waals surface area (Å²) >= 11 is 0. The van der Waals surface area contributed by atoms with Crippen LogP contribution in [0.5, 0.6) is 5.75 Å². The number of phenolic OH excluding ortho intramolecular Hbond substituents is 1. The molecule has 2 aromatic carbocycles. The van der Waals surface area contributed by atoms with Crippen molar-refractivity contribution in [3.05, 3.63) is 48.7 Å². The summed E-state index contributed by atoms with van der Waals surface area (Å²) in [6, 6.07) is 13.4. The van der Waals surface area contributed by atoms with E-state index in [1.807, 2.05) is 36.4 Å². The zero-order chi connectivity index (χ0) is 10.3. The predicted molar refractivity (Wildman–Crippen MR) is 69.5 cm³/mol. The third-order valence-electron chi connectivity index (χ3n) is 2.59. The second-order valence-electron chi connectivity index (χ2n) is 3.52. The summed E-state index contributed by atoms with van der Waals surface area (Å²) in [7, 11) is 0. The van der Waals surface area contributed by atoms with Crippen molar-refractivity contribution >= 4 is 31.8 Å². The Morgan fingerprint density at radius 3 is 2.50 bits per heavy atom. The van der Waals surface area contributed by atoms with Gasteiger partial charge in [-0.15, -0.1) is 0 Å². The molecule has 2 nitrogen and oxygen atoms in total. The molecule has 1 aromatic heterocycles. The molecule has 0 aliphatic carbocycles. The first-order valence-corrected chi connectivity index (χ1v) is 4.82. The Morgan fingerprint density at radius 1 is 0.875 bits per heavy atom. The van der Waals surface area contributed by atoms with Gasteiger partial charge in [0.15, 0.2) is 0 Å². The quantitative estimate of drug-likeness (QED) is 0.451. The number of aromatic hydroxyl groups is 1. The molecule has 0 saturated heterocycles. The van der Waals surface area contributed by atoms with Crippen molar-refractivity contribution in [2.45, 2.75) is 0 Å². The molecule has 0 aliphatic heterocycles. The molecule has 3 rings (SSSR count). The van der Waals surface area contributed by atoms with Crippen LogP contribution in [0.25, 0.3) is 21.7 Å². The molecular formula is C13H11BeNO. The Morgan fingerprint density at radius 2 is 1.62 bits per heavy atom. The van der Waals surface area contributed by atoms with Gasteiger partial charge in [-0.05, 0) is 17.5 Å². The van der Waals surface area contributed by atoms with Crippen LogP contribution >= 0.6 is 0 Å². The molecule has 16 heavy (non-hydrogen) atoms. The number of fused-ring (bicyclic) bond motifs is 3. The average molecular weight is 206 g/mol. The van der Waals surface area contributed by atoms with Gasteiger partial charge in [0.2, 0.25) is 0 Å². The Bertz CT molecular complexity index is 652. The molecule has 0 aliphatic rings. The first-order valence-electron chi connectivity index (χ1n) is 4.82. The second kappa shape index (κ2) is 3.91. The van der Waals surface area contributed by atoms with Crippen molar-refractivity contribution in [3.8, 4) is 5.75 Å². The molecule has 0 atom stereocenters. The maximum atomic E-state index is 9.83. The number of nitrogens with zero attached hydrogens (tertiary/aromatic N) is 1. The first-order chi connectivity index (χ1) is 7.36. The third kappa shape index (κ3) is 1.44. The van der Waals surface area contributed by atoms with Gasteiger partial charge in [-0.3, -0.25) is 4.98 Å². The summed E-state index contributed by atoms with van der Waals surface area (Å²) in [4.78, 5) is 4.31. The van der Waals surface area contributed by atoms with E-state index in [9.17, 15) is 5.11 Å². The molecule has 76 valence electrons. The van der Waals surface area contributed by atoms with E-state index in [0.29, 0.717) is 0 Å². The fourth-order valence-corrected chi connectivity index (χ4v) is 1.90. The Kier molecular flexibility index (Phi) is 2.59. The Labute approximate surface area is 96.8 Å². The number of hydrogen-bond donors (Lipinski definition) is 1. The van der Waals surface area contributed by atoms with Crippen LogP contribution in [0.3, 0.4) is 0 Å². The molecule has 0 spiro atoms. The molecular weight excluding hydrogens is 195 g/mol. The number of hydrogen-bond acceptors (Lipinski definition) is 2. The van der Waals surface area contributed by atoms with Crippen molar-refractivity contribution in [3.63, 3.8) is 0 Å². The van der Waals surface area contributed by atoms with Crippen LogP contribution in [-0.4, -0.2) is 20.2 Å². The minimum absolute atomic E-state index is 0. The van der Waals surface area contributed by atoms with Gasteiger partial charge in [0.05, 0.1) is 5.52 Å². The molecule has 0 saturated carbocycles. The molecule has 0 unspecified atom stereocenters. The minimum atomic E-state index is 0. The summed E-state index contributed by atoms with van der Waals surface area (Å²) in [6.45, 7) is 0. The Balaban J connectivity index is 0.000000963. The van der Waals surface area contributed by atoms with Gasteiger partial charge < -0.3 is 5.11 Å². The van der Waals surface area contributed by atoms with Crippen molar-refractivity contribution < 1.29 is 5.11 Å².